The molecular formula is C9H10ClF4N3. The number of hydrogen-bond acceptors (Lipinski definition) is 3. The summed E-state index contributed by atoms with van der Waals surface area (Å²) in [7, 11) is 0. The van der Waals surface area contributed by atoms with Gasteiger partial charge >= 0.3 is 6.18 Å². The number of nitrogens with zero attached hydrogens (tertiary/aromatic N) is 3. The average molecular weight is 272 g/mol. The highest BCUT2D eigenvalue weighted by Crippen LogP contribution is 2.25. The van der Waals surface area contributed by atoms with Crippen LogP contribution >= 0.6 is 11.6 Å². The van der Waals surface area contributed by atoms with Gasteiger partial charge in [0.15, 0.2) is 11.6 Å². The van der Waals surface area contributed by atoms with E-state index in [0.29, 0.717) is 0 Å². The Morgan fingerprint density at radius 3 is 2.47 bits per heavy atom. The Morgan fingerprint density at radius 1 is 1.41 bits per heavy atom. The molecule has 0 saturated heterocycles. The normalized spacial score (nSPS) is 12.0. The quantitative estimate of drug-likeness (QED) is 0.625. The molecule has 1 heterocycles. The third kappa shape index (κ3) is 3.99. The fraction of sp³-hybridized carbons (Fsp3) is 0.556. The summed E-state index contributed by atoms with van der Waals surface area (Å²) in [5, 5.41) is -0.297. The van der Waals surface area contributed by atoms with Crippen molar-refractivity contribution in [2.24, 2.45) is 0 Å². The lowest BCUT2D eigenvalue weighted by atomic mass is 10.3. The van der Waals surface area contributed by atoms with Crippen molar-refractivity contribution in [3.8, 4) is 0 Å². The van der Waals surface area contributed by atoms with Crippen molar-refractivity contribution in [1.29, 1.82) is 0 Å². The predicted octanol–water partition coefficient (Wildman–Crippen LogP) is 3.05. The van der Waals surface area contributed by atoms with E-state index in [4.69, 9.17) is 11.6 Å². The van der Waals surface area contributed by atoms with Crippen LogP contribution in [0.4, 0.5) is 23.4 Å². The van der Waals surface area contributed by atoms with Gasteiger partial charge in [0, 0.05) is 6.04 Å². The van der Waals surface area contributed by atoms with Crippen molar-refractivity contribution in [2.45, 2.75) is 26.1 Å². The zero-order valence-electron chi connectivity index (χ0n) is 9.09. The van der Waals surface area contributed by atoms with Crippen LogP contribution in [0.15, 0.2) is 6.20 Å². The lowest BCUT2D eigenvalue weighted by Gasteiger charge is -2.28. The van der Waals surface area contributed by atoms with E-state index in [9.17, 15) is 17.6 Å². The van der Waals surface area contributed by atoms with Crippen LogP contribution in [0.1, 0.15) is 13.8 Å². The van der Waals surface area contributed by atoms with E-state index in [1.54, 1.807) is 0 Å². The van der Waals surface area contributed by atoms with Crippen molar-refractivity contribution in [3.63, 3.8) is 0 Å². The van der Waals surface area contributed by atoms with Gasteiger partial charge in [0.05, 0.1) is 6.20 Å². The summed E-state index contributed by atoms with van der Waals surface area (Å²) in [6.45, 7) is 1.71. The van der Waals surface area contributed by atoms with E-state index in [0.717, 1.165) is 11.1 Å². The first-order chi connectivity index (χ1) is 7.70. The van der Waals surface area contributed by atoms with Crippen LogP contribution in [-0.4, -0.2) is 28.7 Å². The van der Waals surface area contributed by atoms with Gasteiger partial charge in [0.1, 0.15) is 6.54 Å². The highest BCUT2D eigenvalue weighted by Gasteiger charge is 2.33. The molecule has 0 aromatic carbocycles. The van der Waals surface area contributed by atoms with Gasteiger partial charge in [-0.05, 0) is 25.4 Å². The molecule has 0 aliphatic rings. The fourth-order valence-corrected chi connectivity index (χ4v) is 1.36. The Kier molecular flexibility index (Phi) is 4.13. The monoisotopic (exact) mass is 271 g/mol. The van der Waals surface area contributed by atoms with Crippen LogP contribution in [0.25, 0.3) is 0 Å². The Labute approximate surface area is 100 Å². The van der Waals surface area contributed by atoms with Gasteiger partial charge in [-0.2, -0.15) is 18.2 Å². The van der Waals surface area contributed by atoms with Gasteiger partial charge in [-0.3, -0.25) is 0 Å². The molecule has 0 bridgehead atoms. The minimum absolute atomic E-state index is 0.297. The van der Waals surface area contributed by atoms with E-state index >= 15 is 0 Å². The number of alkyl halides is 3. The third-order valence-electron chi connectivity index (χ3n) is 1.94. The minimum atomic E-state index is -4.45. The van der Waals surface area contributed by atoms with Crippen LogP contribution in [0, 0.1) is 5.82 Å². The van der Waals surface area contributed by atoms with E-state index < -0.39 is 30.4 Å². The molecule has 1 aromatic heterocycles. The Bertz CT molecular complexity index is 394. The summed E-state index contributed by atoms with van der Waals surface area (Å²) in [5.74, 6) is -1.38. The molecule has 0 spiro atoms. The van der Waals surface area contributed by atoms with Crippen molar-refractivity contribution in [2.75, 3.05) is 11.4 Å². The molecule has 8 heteroatoms. The van der Waals surface area contributed by atoms with Crippen LogP contribution < -0.4 is 4.90 Å². The lowest BCUT2D eigenvalue weighted by Crippen LogP contribution is -2.40. The smallest absolute Gasteiger partial charge is 0.343 e. The van der Waals surface area contributed by atoms with Gasteiger partial charge in [-0.1, -0.05) is 0 Å². The number of hydrogen-bond donors (Lipinski definition) is 0. The molecule has 1 aromatic rings. The standard InChI is InChI=1S/C9H10ClF4N3/c1-5(2)17(4-9(12,13)14)7-6(11)3-15-8(10)16-7/h3,5H,4H2,1-2H3. The first-order valence-electron chi connectivity index (χ1n) is 4.72. The molecule has 0 fully saturated rings. The molecular weight excluding hydrogens is 262 g/mol. The summed E-state index contributed by atoms with van der Waals surface area (Å²) < 4.78 is 50.4. The molecule has 96 valence electrons. The highest BCUT2D eigenvalue weighted by molar-refractivity contribution is 6.28. The van der Waals surface area contributed by atoms with Crippen LogP contribution in [0.5, 0.6) is 0 Å². The zero-order valence-corrected chi connectivity index (χ0v) is 9.85. The molecule has 0 radical (unpaired) electrons. The number of halogens is 5. The van der Waals surface area contributed by atoms with E-state index in [-0.39, 0.29) is 5.28 Å². The Balaban J connectivity index is 3.10. The van der Waals surface area contributed by atoms with Crippen molar-refractivity contribution >= 4 is 17.4 Å². The van der Waals surface area contributed by atoms with Crippen molar-refractivity contribution < 1.29 is 17.6 Å². The largest absolute Gasteiger partial charge is 0.405 e. The lowest BCUT2D eigenvalue weighted by molar-refractivity contribution is -0.120. The van der Waals surface area contributed by atoms with E-state index in [2.05, 4.69) is 9.97 Å². The van der Waals surface area contributed by atoms with Gasteiger partial charge in [-0.25, -0.2) is 9.37 Å². The predicted molar refractivity (Wildman–Crippen MR) is 55.5 cm³/mol. The summed E-state index contributed by atoms with van der Waals surface area (Å²) in [5.41, 5.74) is 0. The molecule has 0 saturated carbocycles. The van der Waals surface area contributed by atoms with Crippen LogP contribution in [-0.2, 0) is 0 Å². The first-order valence-corrected chi connectivity index (χ1v) is 5.10. The minimum Gasteiger partial charge on any atom is -0.343 e. The van der Waals surface area contributed by atoms with Crippen LogP contribution in [0.3, 0.4) is 0 Å². The van der Waals surface area contributed by atoms with Crippen molar-refractivity contribution in [1.82, 2.24) is 9.97 Å². The highest BCUT2D eigenvalue weighted by atomic mass is 35.5. The van der Waals surface area contributed by atoms with Gasteiger partial charge in [-0.15, -0.1) is 0 Å². The second kappa shape index (κ2) is 5.03. The Morgan fingerprint density at radius 2 is 2.00 bits per heavy atom. The molecule has 3 nitrogen and oxygen atoms in total. The fourth-order valence-electron chi connectivity index (χ4n) is 1.23. The summed E-state index contributed by atoms with van der Waals surface area (Å²) in [4.78, 5) is 7.61. The number of anilines is 1. The molecule has 0 amide bonds. The summed E-state index contributed by atoms with van der Waals surface area (Å²) in [6.07, 6.45) is -3.70. The molecule has 0 aliphatic heterocycles. The third-order valence-corrected chi connectivity index (χ3v) is 2.12. The zero-order chi connectivity index (χ0) is 13.2. The SMILES string of the molecule is CC(C)N(CC(F)(F)F)c1nc(Cl)ncc1F. The van der Waals surface area contributed by atoms with Gasteiger partial charge < -0.3 is 4.90 Å². The van der Waals surface area contributed by atoms with E-state index in [1.807, 2.05) is 0 Å². The second-order valence-corrected chi connectivity index (χ2v) is 3.99. The molecule has 0 N–H and O–H groups in total. The van der Waals surface area contributed by atoms with Crippen LogP contribution in [0.2, 0.25) is 5.28 Å². The molecule has 17 heavy (non-hydrogen) atoms. The number of rotatable bonds is 3. The van der Waals surface area contributed by atoms with Crippen molar-refractivity contribution in [3.05, 3.63) is 17.3 Å². The summed E-state index contributed by atoms with van der Waals surface area (Å²) in [6, 6.07) is -0.572. The van der Waals surface area contributed by atoms with Gasteiger partial charge in [0.2, 0.25) is 5.28 Å². The summed E-state index contributed by atoms with van der Waals surface area (Å²) >= 11 is 5.44. The molecule has 0 atom stereocenters. The Hall–Kier alpha value is -1.11. The first kappa shape index (κ1) is 14.0. The topological polar surface area (TPSA) is 29.0 Å². The average Bonchev–Trinajstić information content (AvgIpc) is 2.17. The second-order valence-electron chi connectivity index (χ2n) is 3.65. The molecule has 0 aliphatic carbocycles. The van der Waals surface area contributed by atoms with E-state index in [1.165, 1.54) is 13.8 Å². The maximum Gasteiger partial charge on any atom is 0.405 e. The maximum absolute atomic E-state index is 13.4. The maximum atomic E-state index is 13.4. The number of aromatic nitrogens is 2. The van der Waals surface area contributed by atoms with Gasteiger partial charge in [0.25, 0.3) is 0 Å². The molecule has 1 rings (SSSR count). The molecule has 0 unspecified atom stereocenters.